The van der Waals surface area contributed by atoms with Crippen LogP contribution in [0.15, 0.2) is 22.2 Å². The van der Waals surface area contributed by atoms with Crippen LogP contribution in [0.1, 0.15) is 20.7 Å². The predicted molar refractivity (Wildman–Crippen MR) is 57.2 cm³/mol. The molecule has 0 saturated carbocycles. The largest absolute Gasteiger partial charge is 0.508 e. The minimum atomic E-state index is -0.737. The molecule has 0 radical (unpaired) electrons. The number of hydrogen-bond donors (Lipinski definition) is 2. The topological polar surface area (TPSA) is 74.6 Å². The fourth-order valence-corrected chi connectivity index (χ4v) is 1.82. The van der Waals surface area contributed by atoms with Gasteiger partial charge in [-0.2, -0.15) is 0 Å². The quantitative estimate of drug-likeness (QED) is 0.748. The van der Waals surface area contributed by atoms with Crippen LogP contribution < -0.4 is 0 Å². The Balaban J connectivity index is 2.81. The molecular formula is C10H4Cl2O4. The Morgan fingerprint density at radius 1 is 0.938 bits per heavy atom. The Bertz CT molecular complexity index is 560. The number of carbonyl (C=O) groups excluding carboxylic acids is 2. The first-order valence-corrected chi connectivity index (χ1v) is 4.89. The van der Waals surface area contributed by atoms with Crippen molar-refractivity contribution in [3.05, 3.63) is 33.3 Å². The summed E-state index contributed by atoms with van der Waals surface area (Å²) in [6.07, 6.45) is 0. The lowest BCUT2D eigenvalue weighted by atomic mass is 9.93. The number of allylic oxidation sites excluding steroid dienone is 2. The number of hydrogen-bond acceptors (Lipinski definition) is 4. The zero-order chi connectivity index (χ0) is 12.0. The Kier molecular flexibility index (Phi) is 2.40. The number of rotatable bonds is 0. The van der Waals surface area contributed by atoms with Crippen molar-refractivity contribution in [1.29, 1.82) is 0 Å². The van der Waals surface area contributed by atoms with Crippen molar-refractivity contribution in [2.24, 2.45) is 0 Å². The van der Waals surface area contributed by atoms with E-state index in [0.29, 0.717) is 0 Å². The summed E-state index contributed by atoms with van der Waals surface area (Å²) in [5, 5.41) is 17.8. The number of carbonyl (C=O) groups is 2. The predicted octanol–water partition coefficient (Wildman–Crippen LogP) is 2.17. The smallest absolute Gasteiger partial charge is 0.210 e. The van der Waals surface area contributed by atoms with Gasteiger partial charge in [-0.15, -0.1) is 0 Å². The maximum absolute atomic E-state index is 11.6. The first-order valence-electron chi connectivity index (χ1n) is 4.14. The summed E-state index contributed by atoms with van der Waals surface area (Å²) in [6.45, 7) is 0. The van der Waals surface area contributed by atoms with Crippen LogP contribution in [0.5, 0.6) is 11.5 Å². The molecular weight excluding hydrogens is 255 g/mol. The summed E-state index contributed by atoms with van der Waals surface area (Å²) in [4.78, 5) is 23.3. The number of phenols is 2. The van der Waals surface area contributed by atoms with Gasteiger partial charge in [-0.05, 0) is 6.07 Å². The minimum Gasteiger partial charge on any atom is -0.508 e. The average Bonchev–Trinajstić information content (AvgIpc) is 2.22. The molecule has 1 aromatic rings. The van der Waals surface area contributed by atoms with Crippen LogP contribution in [0.3, 0.4) is 0 Å². The molecule has 2 N–H and O–H groups in total. The molecule has 2 rings (SSSR count). The average molecular weight is 259 g/mol. The third kappa shape index (κ3) is 1.38. The number of fused-ring (bicyclic) bond motifs is 1. The van der Waals surface area contributed by atoms with E-state index >= 15 is 0 Å². The molecule has 0 unspecified atom stereocenters. The van der Waals surface area contributed by atoms with E-state index in [-0.39, 0.29) is 16.9 Å². The maximum atomic E-state index is 11.6. The second kappa shape index (κ2) is 3.50. The molecule has 0 spiro atoms. The molecule has 16 heavy (non-hydrogen) atoms. The molecule has 1 aliphatic rings. The van der Waals surface area contributed by atoms with Crippen LogP contribution in [0, 0.1) is 0 Å². The van der Waals surface area contributed by atoms with Crippen LogP contribution in [-0.4, -0.2) is 21.8 Å². The van der Waals surface area contributed by atoms with Gasteiger partial charge in [0.05, 0.1) is 5.56 Å². The molecule has 82 valence electrons. The lowest BCUT2D eigenvalue weighted by Gasteiger charge is -2.15. The number of Topliss-reactive ketones (excluding diaryl/α,β-unsaturated/α-hetero) is 2. The van der Waals surface area contributed by atoms with E-state index in [1.807, 2.05) is 0 Å². The SMILES string of the molecule is O=C1C(Cl)=C(Cl)C(=O)c2c(O)cc(O)cc21. The molecule has 0 atom stereocenters. The van der Waals surface area contributed by atoms with Gasteiger partial charge in [0, 0.05) is 11.6 Å². The van der Waals surface area contributed by atoms with Gasteiger partial charge in [-0.1, -0.05) is 23.2 Å². The van der Waals surface area contributed by atoms with Gasteiger partial charge in [0.2, 0.25) is 11.6 Å². The zero-order valence-electron chi connectivity index (χ0n) is 7.62. The van der Waals surface area contributed by atoms with Crippen LogP contribution >= 0.6 is 23.2 Å². The van der Waals surface area contributed by atoms with E-state index in [1.54, 1.807) is 0 Å². The van der Waals surface area contributed by atoms with Crippen molar-refractivity contribution >= 4 is 34.8 Å². The van der Waals surface area contributed by atoms with Gasteiger partial charge in [-0.3, -0.25) is 9.59 Å². The molecule has 0 heterocycles. The highest BCUT2D eigenvalue weighted by molar-refractivity contribution is 6.59. The molecule has 0 amide bonds. The van der Waals surface area contributed by atoms with Gasteiger partial charge < -0.3 is 10.2 Å². The molecule has 1 aromatic carbocycles. The molecule has 0 saturated heterocycles. The third-order valence-electron chi connectivity index (χ3n) is 2.17. The Morgan fingerprint density at radius 2 is 1.50 bits per heavy atom. The Hall–Kier alpha value is -1.52. The van der Waals surface area contributed by atoms with Crippen molar-refractivity contribution in [2.45, 2.75) is 0 Å². The van der Waals surface area contributed by atoms with Crippen molar-refractivity contribution in [3.8, 4) is 11.5 Å². The Morgan fingerprint density at radius 3 is 2.12 bits per heavy atom. The fourth-order valence-electron chi connectivity index (χ4n) is 1.46. The highest BCUT2D eigenvalue weighted by Crippen LogP contribution is 2.37. The third-order valence-corrected chi connectivity index (χ3v) is 2.98. The summed E-state index contributed by atoms with van der Waals surface area (Å²) >= 11 is 11.1. The molecule has 4 nitrogen and oxygen atoms in total. The van der Waals surface area contributed by atoms with E-state index in [4.69, 9.17) is 23.2 Å². The summed E-state index contributed by atoms with van der Waals surface area (Å²) < 4.78 is 0. The maximum Gasteiger partial charge on any atom is 0.210 e. The van der Waals surface area contributed by atoms with E-state index in [0.717, 1.165) is 12.1 Å². The van der Waals surface area contributed by atoms with Gasteiger partial charge in [-0.25, -0.2) is 0 Å². The van der Waals surface area contributed by atoms with E-state index < -0.39 is 27.4 Å². The molecule has 0 aliphatic heterocycles. The number of phenolic OH excluding ortho intramolecular Hbond substituents is 2. The normalized spacial score (nSPS) is 15.4. The van der Waals surface area contributed by atoms with Crippen LogP contribution in [0.2, 0.25) is 0 Å². The minimum absolute atomic E-state index is 0.156. The van der Waals surface area contributed by atoms with Crippen molar-refractivity contribution in [1.82, 2.24) is 0 Å². The van der Waals surface area contributed by atoms with Gasteiger partial charge in [0.15, 0.2) is 0 Å². The first-order chi connectivity index (χ1) is 7.43. The molecule has 0 bridgehead atoms. The second-order valence-electron chi connectivity index (χ2n) is 3.17. The molecule has 0 fully saturated rings. The molecule has 1 aliphatic carbocycles. The van der Waals surface area contributed by atoms with Crippen molar-refractivity contribution in [2.75, 3.05) is 0 Å². The van der Waals surface area contributed by atoms with Gasteiger partial charge in [0.25, 0.3) is 0 Å². The van der Waals surface area contributed by atoms with E-state index in [1.165, 1.54) is 0 Å². The van der Waals surface area contributed by atoms with Crippen LogP contribution in [0.4, 0.5) is 0 Å². The van der Waals surface area contributed by atoms with Gasteiger partial charge in [0.1, 0.15) is 21.6 Å². The first kappa shape index (κ1) is 11.0. The summed E-state index contributed by atoms with van der Waals surface area (Å²) in [5.41, 5.74) is -0.394. The number of halogens is 2. The highest BCUT2D eigenvalue weighted by Gasteiger charge is 2.33. The monoisotopic (exact) mass is 258 g/mol. The lowest BCUT2D eigenvalue weighted by Crippen LogP contribution is -2.17. The van der Waals surface area contributed by atoms with Crippen LogP contribution in [-0.2, 0) is 0 Å². The highest BCUT2D eigenvalue weighted by atomic mass is 35.5. The van der Waals surface area contributed by atoms with E-state index in [2.05, 4.69) is 0 Å². The number of benzene rings is 1. The molecule has 0 aromatic heterocycles. The number of ketones is 2. The van der Waals surface area contributed by atoms with Crippen molar-refractivity contribution < 1.29 is 19.8 Å². The summed E-state index contributed by atoms with van der Waals surface area (Å²) in [6, 6.07) is 2.01. The number of aromatic hydroxyl groups is 2. The van der Waals surface area contributed by atoms with Gasteiger partial charge >= 0.3 is 0 Å². The second-order valence-corrected chi connectivity index (χ2v) is 3.93. The summed E-state index contributed by atoms with van der Waals surface area (Å²) in [7, 11) is 0. The fraction of sp³-hybridized carbons (Fsp3) is 0. The van der Waals surface area contributed by atoms with Crippen molar-refractivity contribution in [3.63, 3.8) is 0 Å². The van der Waals surface area contributed by atoms with E-state index in [9.17, 15) is 19.8 Å². The summed E-state index contributed by atoms with van der Waals surface area (Å²) in [5.74, 6) is -2.28. The standard InChI is InChI=1S/C10H4Cl2O4/c11-7-8(12)10(16)6-4(9(7)15)1-3(13)2-5(6)14/h1-2,13-14H. The zero-order valence-corrected chi connectivity index (χ0v) is 9.13. The lowest BCUT2D eigenvalue weighted by molar-refractivity contribution is 0.0984. The Labute approximate surface area is 99.7 Å². The molecule has 6 heteroatoms. The van der Waals surface area contributed by atoms with Crippen LogP contribution in [0.25, 0.3) is 0 Å².